The van der Waals surface area contributed by atoms with Gasteiger partial charge in [0, 0.05) is 12.0 Å². The van der Waals surface area contributed by atoms with Crippen LogP contribution in [0.5, 0.6) is 5.75 Å². The van der Waals surface area contributed by atoms with Crippen LogP contribution in [0.3, 0.4) is 0 Å². The van der Waals surface area contributed by atoms with Crippen molar-refractivity contribution in [2.75, 3.05) is 19.8 Å². The Kier molecular flexibility index (Phi) is 9.00. The van der Waals surface area contributed by atoms with Crippen molar-refractivity contribution in [2.24, 2.45) is 5.92 Å². The van der Waals surface area contributed by atoms with E-state index in [1.807, 2.05) is 43.8 Å². The topological polar surface area (TPSA) is 93.1 Å². The molecule has 2 saturated heterocycles. The molecule has 6 rings (SSSR count). The van der Waals surface area contributed by atoms with Crippen molar-refractivity contribution >= 4 is 29.7 Å². The van der Waals surface area contributed by atoms with E-state index in [2.05, 4.69) is 63.3 Å². The van der Waals surface area contributed by atoms with Crippen LogP contribution in [0.25, 0.3) is 16.5 Å². The summed E-state index contributed by atoms with van der Waals surface area (Å²) in [4.78, 5) is 12.0. The molecule has 1 unspecified atom stereocenters. The van der Waals surface area contributed by atoms with Crippen molar-refractivity contribution in [1.82, 2.24) is 15.1 Å². The average Bonchev–Trinajstić information content (AvgIpc) is 3.69. The van der Waals surface area contributed by atoms with Gasteiger partial charge in [-0.2, -0.15) is 5.10 Å². The maximum absolute atomic E-state index is 12.0. The lowest BCUT2D eigenvalue weighted by molar-refractivity contribution is -0.0366. The molecule has 1 aromatic heterocycles. The molecule has 1 N–H and O–H groups in total. The molecule has 0 bridgehead atoms. The van der Waals surface area contributed by atoms with Crippen LogP contribution in [0, 0.1) is 5.92 Å². The maximum Gasteiger partial charge on any atom is 0.491 e. The molecule has 0 radical (unpaired) electrons. The van der Waals surface area contributed by atoms with Crippen molar-refractivity contribution in [2.45, 2.75) is 104 Å². The first-order chi connectivity index (χ1) is 21.8. The SMILES string of the molecule is CC(C)(C)OC(=O)NCCOc1ccc(/C(=C(\B2OC(C)(C)C(C)(C)O2)C2CC2)c2ccc3c(cnn3C3CCCCO3)c2)cc1. The number of ether oxygens (including phenoxy) is 3. The Bertz CT molecular complexity index is 1560. The maximum atomic E-state index is 12.0. The molecule has 0 spiro atoms. The first-order valence-corrected chi connectivity index (χ1v) is 16.7. The zero-order valence-electron chi connectivity index (χ0n) is 28.4. The molecule has 1 amide bonds. The molecule has 3 aromatic rings. The molecule has 246 valence electrons. The largest absolute Gasteiger partial charge is 0.492 e. The van der Waals surface area contributed by atoms with Crippen LogP contribution in [0.15, 0.2) is 54.1 Å². The van der Waals surface area contributed by atoms with Crippen molar-refractivity contribution in [1.29, 1.82) is 0 Å². The Morgan fingerprint density at radius 1 is 1.00 bits per heavy atom. The lowest BCUT2D eigenvalue weighted by Crippen LogP contribution is -2.41. The van der Waals surface area contributed by atoms with Gasteiger partial charge in [0.05, 0.1) is 29.5 Å². The van der Waals surface area contributed by atoms with Crippen LogP contribution in [0.2, 0.25) is 0 Å². The fourth-order valence-electron chi connectivity index (χ4n) is 6.09. The average molecular weight is 630 g/mol. The number of nitrogens with zero attached hydrogens (tertiary/aromatic N) is 2. The first kappa shape index (κ1) is 32.6. The number of carbonyl (C=O) groups excluding carboxylic acids is 1. The van der Waals surface area contributed by atoms with Crippen molar-refractivity contribution < 1.29 is 28.3 Å². The summed E-state index contributed by atoms with van der Waals surface area (Å²) < 4.78 is 32.7. The Hall–Kier alpha value is -3.34. The van der Waals surface area contributed by atoms with Crippen LogP contribution in [-0.2, 0) is 18.8 Å². The van der Waals surface area contributed by atoms with E-state index < -0.39 is 30.0 Å². The highest BCUT2D eigenvalue weighted by Gasteiger charge is 2.55. The van der Waals surface area contributed by atoms with Gasteiger partial charge in [0.1, 0.15) is 18.0 Å². The van der Waals surface area contributed by atoms with Gasteiger partial charge in [0.25, 0.3) is 0 Å². The second-order valence-electron chi connectivity index (χ2n) is 14.7. The standard InChI is InChI=1S/C36H48BN3O6/c1-34(2,3)44-33(41)38-19-21-42-28-16-13-24(14-17-28)31(32(25-11-12-25)37-45-35(4,5)36(6,7)46-37)26-15-18-29-27(22-26)23-39-40(29)30-10-8-9-20-43-30/h13-18,22-23,25,30H,8-12,19-21H2,1-7H3,(H,38,41)/b32-31+. The highest BCUT2D eigenvalue weighted by atomic mass is 16.7. The monoisotopic (exact) mass is 629 g/mol. The number of amides is 1. The summed E-state index contributed by atoms with van der Waals surface area (Å²) in [5.41, 5.74) is 4.13. The van der Waals surface area contributed by atoms with Crippen molar-refractivity contribution in [3.05, 3.63) is 65.3 Å². The number of hydrogen-bond acceptors (Lipinski definition) is 7. The normalized spacial score (nSPS) is 21.6. The summed E-state index contributed by atoms with van der Waals surface area (Å²) in [6.45, 7) is 15.4. The minimum Gasteiger partial charge on any atom is -0.492 e. The molecule has 1 atom stereocenters. The molecular weight excluding hydrogens is 581 g/mol. The van der Waals surface area contributed by atoms with Crippen LogP contribution < -0.4 is 10.1 Å². The van der Waals surface area contributed by atoms with Crippen LogP contribution in [-0.4, -0.2) is 59.6 Å². The number of hydrogen-bond donors (Lipinski definition) is 1. The summed E-state index contributed by atoms with van der Waals surface area (Å²) in [5.74, 6) is 1.11. The minimum absolute atomic E-state index is 0.0224. The van der Waals surface area contributed by atoms with Gasteiger partial charge >= 0.3 is 13.2 Å². The molecule has 2 aromatic carbocycles. The second kappa shape index (κ2) is 12.7. The molecule has 3 fully saturated rings. The van der Waals surface area contributed by atoms with Crippen molar-refractivity contribution in [3.63, 3.8) is 0 Å². The van der Waals surface area contributed by atoms with E-state index in [1.165, 1.54) is 5.47 Å². The lowest BCUT2D eigenvalue weighted by Gasteiger charge is -2.32. The molecule has 1 aliphatic carbocycles. The number of rotatable bonds is 9. The lowest BCUT2D eigenvalue weighted by atomic mass is 9.69. The summed E-state index contributed by atoms with van der Waals surface area (Å²) in [6, 6.07) is 14.8. The third-order valence-electron chi connectivity index (χ3n) is 9.31. The number of aromatic nitrogens is 2. The Labute approximate surface area is 273 Å². The van der Waals surface area contributed by atoms with E-state index in [0.717, 1.165) is 72.1 Å². The summed E-state index contributed by atoms with van der Waals surface area (Å²) in [5, 5.41) is 8.57. The quantitative estimate of drug-likeness (QED) is 0.194. The zero-order chi connectivity index (χ0) is 32.7. The van der Waals surface area contributed by atoms with E-state index in [-0.39, 0.29) is 6.23 Å². The zero-order valence-corrected chi connectivity index (χ0v) is 28.4. The van der Waals surface area contributed by atoms with E-state index in [1.54, 1.807) is 0 Å². The van der Waals surface area contributed by atoms with Gasteiger partial charge in [-0.25, -0.2) is 9.48 Å². The van der Waals surface area contributed by atoms with Crippen LogP contribution in [0.1, 0.15) is 97.9 Å². The van der Waals surface area contributed by atoms with E-state index in [0.29, 0.717) is 19.1 Å². The van der Waals surface area contributed by atoms with Crippen LogP contribution >= 0.6 is 0 Å². The molecule has 10 heteroatoms. The third kappa shape index (κ3) is 7.14. The van der Waals surface area contributed by atoms with Gasteiger partial charge < -0.3 is 28.8 Å². The number of nitrogens with one attached hydrogen (secondary N) is 1. The predicted molar refractivity (Wildman–Crippen MR) is 180 cm³/mol. The molecule has 9 nitrogen and oxygen atoms in total. The Balaban J connectivity index is 1.31. The number of fused-ring (bicyclic) bond motifs is 1. The molecule has 2 aliphatic heterocycles. The van der Waals surface area contributed by atoms with Gasteiger partial charge in [-0.05, 0) is 133 Å². The van der Waals surface area contributed by atoms with E-state index in [4.69, 9.17) is 28.6 Å². The second-order valence-corrected chi connectivity index (χ2v) is 14.7. The van der Waals surface area contributed by atoms with Crippen molar-refractivity contribution in [3.8, 4) is 5.75 Å². The minimum atomic E-state index is -0.541. The van der Waals surface area contributed by atoms with E-state index >= 15 is 0 Å². The van der Waals surface area contributed by atoms with Crippen LogP contribution in [0.4, 0.5) is 4.79 Å². The van der Waals surface area contributed by atoms with Gasteiger partial charge in [-0.1, -0.05) is 18.2 Å². The predicted octanol–water partition coefficient (Wildman–Crippen LogP) is 7.48. The Morgan fingerprint density at radius 3 is 2.33 bits per heavy atom. The van der Waals surface area contributed by atoms with Gasteiger partial charge in [0.2, 0.25) is 0 Å². The molecular formula is C36H48BN3O6. The summed E-state index contributed by atoms with van der Waals surface area (Å²) >= 11 is 0. The number of alkyl carbamates (subject to hydrolysis) is 1. The number of benzene rings is 2. The number of carbonyl (C=O) groups is 1. The molecule has 3 aliphatic rings. The first-order valence-electron chi connectivity index (χ1n) is 16.7. The van der Waals surface area contributed by atoms with Gasteiger partial charge in [-0.15, -0.1) is 0 Å². The number of allylic oxidation sites excluding steroid dienone is 1. The highest BCUT2D eigenvalue weighted by Crippen LogP contribution is 2.49. The smallest absolute Gasteiger partial charge is 0.491 e. The van der Waals surface area contributed by atoms with E-state index in [9.17, 15) is 4.79 Å². The fraction of sp³-hybridized carbons (Fsp3) is 0.556. The summed E-state index contributed by atoms with van der Waals surface area (Å²) in [6.07, 6.45) is 6.91. The Morgan fingerprint density at radius 2 is 1.70 bits per heavy atom. The third-order valence-corrected chi connectivity index (χ3v) is 9.31. The molecule has 3 heterocycles. The molecule has 1 saturated carbocycles. The van der Waals surface area contributed by atoms with Gasteiger partial charge in [0.15, 0.2) is 6.23 Å². The highest BCUT2D eigenvalue weighted by molar-refractivity contribution is 6.57. The van der Waals surface area contributed by atoms with Gasteiger partial charge in [-0.3, -0.25) is 0 Å². The fourth-order valence-corrected chi connectivity index (χ4v) is 6.09. The summed E-state index contributed by atoms with van der Waals surface area (Å²) in [7, 11) is -0.448. The molecule has 46 heavy (non-hydrogen) atoms.